The maximum absolute atomic E-state index is 4.78. The lowest BCUT2D eigenvalue weighted by Gasteiger charge is -2.31. The second kappa shape index (κ2) is 4.58. The molecule has 2 aliphatic rings. The molecule has 0 spiro atoms. The number of benzene rings is 1. The highest BCUT2D eigenvalue weighted by molar-refractivity contribution is 5.68. The van der Waals surface area contributed by atoms with Crippen molar-refractivity contribution in [3.63, 3.8) is 0 Å². The van der Waals surface area contributed by atoms with Crippen LogP contribution in [0.4, 0.5) is 11.5 Å². The molecule has 0 saturated heterocycles. The lowest BCUT2D eigenvalue weighted by atomic mass is 10.0. The average molecular weight is 265 g/mol. The van der Waals surface area contributed by atoms with E-state index in [1.165, 1.54) is 41.8 Å². The van der Waals surface area contributed by atoms with Crippen molar-refractivity contribution in [2.75, 3.05) is 11.4 Å². The van der Waals surface area contributed by atoms with E-state index in [4.69, 9.17) is 4.98 Å². The van der Waals surface area contributed by atoms with Crippen molar-refractivity contribution >= 4 is 11.5 Å². The third-order valence-electron chi connectivity index (χ3n) is 4.39. The van der Waals surface area contributed by atoms with Gasteiger partial charge in [-0.1, -0.05) is 18.2 Å². The molecule has 4 rings (SSSR count). The fourth-order valence-corrected chi connectivity index (χ4v) is 3.51. The SMILES string of the molecule is Cc1nc2c(c(N3CCCc4ccccc43)n1)CCC2. The Labute approximate surface area is 119 Å². The van der Waals surface area contributed by atoms with Crippen molar-refractivity contribution < 1.29 is 0 Å². The van der Waals surface area contributed by atoms with Gasteiger partial charge in [0.2, 0.25) is 0 Å². The van der Waals surface area contributed by atoms with E-state index in [1.807, 2.05) is 6.92 Å². The summed E-state index contributed by atoms with van der Waals surface area (Å²) in [7, 11) is 0. The van der Waals surface area contributed by atoms with E-state index in [2.05, 4.69) is 34.1 Å². The molecule has 1 aliphatic carbocycles. The summed E-state index contributed by atoms with van der Waals surface area (Å²) in [4.78, 5) is 11.8. The van der Waals surface area contributed by atoms with E-state index in [9.17, 15) is 0 Å². The van der Waals surface area contributed by atoms with E-state index in [0.29, 0.717) is 0 Å². The zero-order valence-electron chi connectivity index (χ0n) is 11.9. The van der Waals surface area contributed by atoms with Crippen LogP contribution in [0.3, 0.4) is 0 Å². The molecule has 2 heterocycles. The molecule has 0 saturated carbocycles. The molecule has 0 atom stereocenters. The van der Waals surface area contributed by atoms with Crippen LogP contribution >= 0.6 is 0 Å². The summed E-state index contributed by atoms with van der Waals surface area (Å²) in [6.45, 7) is 3.08. The summed E-state index contributed by atoms with van der Waals surface area (Å²) in [5.74, 6) is 2.07. The van der Waals surface area contributed by atoms with Gasteiger partial charge < -0.3 is 4.90 Å². The Balaban J connectivity index is 1.87. The molecule has 1 aromatic carbocycles. The molecule has 20 heavy (non-hydrogen) atoms. The Bertz CT molecular complexity index is 663. The molecule has 0 radical (unpaired) electrons. The van der Waals surface area contributed by atoms with Gasteiger partial charge in [-0.2, -0.15) is 0 Å². The van der Waals surface area contributed by atoms with Gasteiger partial charge in [-0.05, 0) is 50.7 Å². The maximum Gasteiger partial charge on any atom is 0.140 e. The summed E-state index contributed by atoms with van der Waals surface area (Å²) < 4.78 is 0. The van der Waals surface area contributed by atoms with Crippen LogP contribution in [-0.2, 0) is 19.3 Å². The van der Waals surface area contributed by atoms with Crippen LogP contribution in [0.1, 0.15) is 35.5 Å². The molecule has 0 amide bonds. The minimum atomic E-state index is 0.906. The Morgan fingerprint density at radius 2 is 1.90 bits per heavy atom. The van der Waals surface area contributed by atoms with Crippen molar-refractivity contribution in [3.05, 3.63) is 46.9 Å². The monoisotopic (exact) mass is 265 g/mol. The Morgan fingerprint density at radius 3 is 2.85 bits per heavy atom. The van der Waals surface area contributed by atoms with Gasteiger partial charge in [0.1, 0.15) is 11.6 Å². The van der Waals surface area contributed by atoms with Crippen molar-refractivity contribution in [2.45, 2.75) is 39.0 Å². The quantitative estimate of drug-likeness (QED) is 0.791. The summed E-state index contributed by atoms with van der Waals surface area (Å²) >= 11 is 0. The standard InChI is InChI=1S/C17H19N3/c1-12-18-15-9-4-8-14(15)17(19-12)20-11-5-7-13-6-2-3-10-16(13)20/h2-3,6,10H,4-5,7-9,11H2,1H3. The Morgan fingerprint density at radius 1 is 1.00 bits per heavy atom. The lowest BCUT2D eigenvalue weighted by molar-refractivity contribution is 0.752. The van der Waals surface area contributed by atoms with Gasteiger partial charge in [0.05, 0.1) is 0 Å². The molecule has 0 fully saturated rings. The van der Waals surface area contributed by atoms with Crippen molar-refractivity contribution in [3.8, 4) is 0 Å². The van der Waals surface area contributed by atoms with Gasteiger partial charge in [0.15, 0.2) is 0 Å². The number of aryl methyl sites for hydroxylation is 3. The minimum absolute atomic E-state index is 0.906. The topological polar surface area (TPSA) is 29.0 Å². The molecule has 1 aromatic heterocycles. The van der Waals surface area contributed by atoms with E-state index in [-0.39, 0.29) is 0 Å². The number of aromatic nitrogens is 2. The smallest absolute Gasteiger partial charge is 0.140 e. The van der Waals surface area contributed by atoms with Gasteiger partial charge in [-0.15, -0.1) is 0 Å². The first-order chi connectivity index (χ1) is 9.83. The van der Waals surface area contributed by atoms with Crippen LogP contribution in [0.15, 0.2) is 24.3 Å². The van der Waals surface area contributed by atoms with Gasteiger partial charge in [-0.25, -0.2) is 9.97 Å². The molecular weight excluding hydrogens is 246 g/mol. The fourth-order valence-electron chi connectivity index (χ4n) is 3.51. The van der Waals surface area contributed by atoms with Crippen LogP contribution in [-0.4, -0.2) is 16.5 Å². The molecule has 0 unspecified atom stereocenters. The second-order valence-corrected chi connectivity index (χ2v) is 5.76. The highest BCUT2D eigenvalue weighted by atomic mass is 15.2. The third-order valence-corrected chi connectivity index (χ3v) is 4.39. The number of hydrogen-bond donors (Lipinski definition) is 0. The lowest BCUT2D eigenvalue weighted by Crippen LogP contribution is -2.26. The highest BCUT2D eigenvalue weighted by Gasteiger charge is 2.25. The summed E-state index contributed by atoms with van der Waals surface area (Å²) in [5.41, 5.74) is 5.44. The molecule has 2 aromatic rings. The summed E-state index contributed by atoms with van der Waals surface area (Å²) in [5, 5.41) is 0. The summed E-state index contributed by atoms with van der Waals surface area (Å²) in [6.07, 6.45) is 5.84. The van der Waals surface area contributed by atoms with E-state index in [0.717, 1.165) is 31.0 Å². The molecule has 102 valence electrons. The molecule has 3 heteroatoms. The van der Waals surface area contributed by atoms with Crippen molar-refractivity contribution in [1.82, 2.24) is 9.97 Å². The number of hydrogen-bond acceptors (Lipinski definition) is 3. The fraction of sp³-hybridized carbons (Fsp3) is 0.412. The van der Waals surface area contributed by atoms with Crippen molar-refractivity contribution in [2.24, 2.45) is 0 Å². The molecular formula is C17H19N3. The van der Waals surface area contributed by atoms with Gasteiger partial charge >= 0.3 is 0 Å². The highest BCUT2D eigenvalue weighted by Crippen LogP contribution is 2.37. The van der Waals surface area contributed by atoms with Gasteiger partial charge in [-0.3, -0.25) is 0 Å². The predicted octanol–water partition coefficient (Wildman–Crippen LogP) is 3.36. The first-order valence-corrected chi connectivity index (χ1v) is 7.55. The van der Waals surface area contributed by atoms with Crippen LogP contribution in [0.2, 0.25) is 0 Å². The van der Waals surface area contributed by atoms with E-state index in [1.54, 1.807) is 0 Å². The number of para-hydroxylation sites is 1. The zero-order chi connectivity index (χ0) is 13.5. The van der Waals surface area contributed by atoms with Crippen LogP contribution in [0.25, 0.3) is 0 Å². The van der Waals surface area contributed by atoms with Gasteiger partial charge in [0, 0.05) is 23.5 Å². The van der Waals surface area contributed by atoms with E-state index >= 15 is 0 Å². The normalized spacial score (nSPS) is 16.9. The first-order valence-electron chi connectivity index (χ1n) is 7.55. The van der Waals surface area contributed by atoms with E-state index < -0.39 is 0 Å². The number of nitrogens with zero attached hydrogens (tertiary/aromatic N) is 3. The number of fused-ring (bicyclic) bond motifs is 2. The number of rotatable bonds is 1. The average Bonchev–Trinajstić information content (AvgIpc) is 2.94. The summed E-state index contributed by atoms with van der Waals surface area (Å²) in [6, 6.07) is 8.74. The predicted molar refractivity (Wildman–Crippen MR) is 80.6 cm³/mol. The Hall–Kier alpha value is -1.90. The molecule has 3 nitrogen and oxygen atoms in total. The largest absolute Gasteiger partial charge is 0.326 e. The maximum atomic E-state index is 4.78. The van der Waals surface area contributed by atoms with Crippen LogP contribution in [0.5, 0.6) is 0 Å². The number of anilines is 2. The third kappa shape index (κ3) is 1.80. The Kier molecular flexibility index (Phi) is 2.72. The van der Waals surface area contributed by atoms with Crippen LogP contribution in [0, 0.1) is 6.92 Å². The molecule has 0 bridgehead atoms. The molecule has 1 aliphatic heterocycles. The van der Waals surface area contributed by atoms with Crippen LogP contribution < -0.4 is 4.90 Å². The second-order valence-electron chi connectivity index (χ2n) is 5.76. The first kappa shape index (κ1) is 11.9. The molecule has 0 N–H and O–H groups in total. The van der Waals surface area contributed by atoms with Gasteiger partial charge in [0.25, 0.3) is 0 Å². The van der Waals surface area contributed by atoms with Crippen molar-refractivity contribution in [1.29, 1.82) is 0 Å². The zero-order valence-corrected chi connectivity index (χ0v) is 11.9. The minimum Gasteiger partial charge on any atom is -0.326 e.